The standard InChI is InChI=1S/C16H17F3N6O3/c1-9-11(4-5-13(27)28-8-12(26)21-7-3-6-20)10(2)25-15(22-9)23-14(24-25)16(17,18)19/h3-5,7-8H2,1-2H3,(H,21,26). The lowest BCUT2D eigenvalue weighted by Crippen LogP contribution is -2.29. The summed E-state index contributed by atoms with van der Waals surface area (Å²) in [5.41, 5.74) is 1.35. The number of hydrogen-bond donors (Lipinski definition) is 1. The fraction of sp³-hybridized carbons (Fsp3) is 0.500. The summed E-state index contributed by atoms with van der Waals surface area (Å²) >= 11 is 0. The highest BCUT2D eigenvalue weighted by molar-refractivity contribution is 5.80. The Kier molecular flexibility index (Phi) is 6.50. The Morgan fingerprint density at radius 1 is 1.29 bits per heavy atom. The van der Waals surface area contributed by atoms with Crippen molar-refractivity contribution in [3.05, 3.63) is 22.8 Å². The van der Waals surface area contributed by atoms with Gasteiger partial charge in [-0.15, -0.1) is 5.10 Å². The van der Waals surface area contributed by atoms with E-state index >= 15 is 0 Å². The quantitative estimate of drug-likeness (QED) is 0.550. The number of ether oxygens (including phenoxy) is 1. The van der Waals surface area contributed by atoms with Gasteiger partial charge in [0, 0.05) is 24.4 Å². The van der Waals surface area contributed by atoms with Crippen LogP contribution in [0.25, 0.3) is 5.78 Å². The van der Waals surface area contributed by atoms with Gasteiger partial charge in [-0.3, -0.25) is 9.59 Å². The number of alkyl halides is 3. The number of nitrogens with one attached hydrogen (secondary N) is 1. The van der Waals surface area contributed by atoms with E-state index in [9.17, 15) is 22.8 Å². The lowest BCUT2D eigenvalue weighted by Gasteiger charge is -2.10. The SMILES string of the molecule is Cc1nc2nc(C(F)(F)F)nn2c(C)c1CCC(=O)OCC(=O)NCCC#N. The zero-order valence-corrected chi connectivity index (χ0v) is 15.1. The van der Waals surface area contributed by atoms with E-state index in [1.165, 1.54) is 0 Å². The number of halogens is 3. The van der Waals surface area contributed by atoms with Crippen molar-refractivity contribution in [3.63, 3.8) is 0 Å². The Balaban J connectivity index is 2.01. The Morgan fingerprint density at radius 2 is 2.00 bits per heavy atom. The van der Waals surface area contributed by atoms with Crippen molar-refractivity contribution in [2.24, 2.45) is 0 Å². The van der Waals surface area contributed by atoms with Gasteiger partial charge in [-0.05, 0) is 25.8 Å². The molecule has 0 aliphatic carbocycles. The van der Waals surface area contributed by atoms with Crippen LogP contribution in [0.3, 0.4) is 0 Å². The molecule has 0 bridgehead atoms. The van der Waals surface area contributed by atoms with E-state index in [-0.39, 0.29) is 31.6 Å². The summed E-state index contributed by atoms with van der Waals surface area (Å²) in [5, 5.41) is 14.2. The average molecular weight is 398 g/mol. The molecule has 0 aromatic carbocycles. The van der Waals surface area contributed by atoms with Crippen LogP contribution in [0, 0.1) is 25.2 Å². The van der Waals surface area contributed by atoms with Gasteiger partial charge in [0.05, 0.1) is 12.5 Å². The molecule has 1 amide bonds. The molecule has 0 saturated heterocycles. The molecule has 150 valence electrons. The largest absolute Gasteiger partial charge is 0.456 e. The molecule has 0 aliphatic rings. The predicted octanol–water partition coefficient (Wildman–Crippen LogP) is 1.27. The summed E-state index contributed by atoms with van der Waals surface area (Å²) < 4.78 is 44.2. The molecule has 2 rings (SSSR count). The molecule has 28 heavy (non-hydrogen) atoms. The van der Waals surface area contributed by atoms with Crippen LogP contribution in [0.4, 0.5) is 13.2 Å². The van der Waals surface area contributed by atoms with E-state index < -0.39 is 30.5 Å². The molecule has 9 nitrogen and oxygen atoms in total. The minimum atomic E-state index is -4.69. The van der Waals surface area contributed by atoms with E-state index in [1.54, 1.807) is 13.8 Å². The van der Waals surface area contributed by atoms with Gasteiger partial charge in [-0.1, -0.05) is 0 Å². The third-order valence-electron chi connectivity index (χ3n) is 3.80. The van der Waals surface area contributed by atoms with E-state index in [2.05, 4.69) is 20.4 Å². The number of rotatable bonds is 7. The maximum atomic E-state index is 12.8. The van der Waals surface area contributed by atoms with Gasteiger partial charge in [-0.2, -0.15) is 23.4 Å². The van der Waals surface area contributed by atoms with Crippen molar-refractivity contribution in [1.29, 1.82) is 5.26 Å². The first-order valence-electron chi connectivity index (χ1n) is 8.22. The number of hydrogen-bond acceptors (Lipinski definition) is 7. The number of carbonyl (C=O) groups is 2. The molecule has 0 saturated carbocycles. The molecule has 0 spiro atoms. The van der Waals surface area contributed by atoms with Crippen LogP contribution in [0.1, 0.15) is 35.6 Å². The van der Waals surface area contributed by atoms with Gasteiger partial charge in [0.15, 0.2) is 6.61 Å². The van der Waals surface area contributed by atoms with Crippen LogP contribution in [-0.4, -0.2) is 44.6 Å². The van der Waals surface area contributed by atoms with E-state index in [0.29, 0.717) is 17.0 Å². The lowest BCUT2D eigenvalue weighted by molar-refractivity contribution is -0.148. The highest BCUT2D eigenvalue weighted by Crippen LogP contribution is 2.27. The third-order valence-corrected chi connectivity index (χ3v) is 3.80. The third kappa shape index (κ3) is 5.15. The molecule has 0 radical (unpaired) electrons. The van der Waals surface area contributed by atoms with Crippen LogP contribution in [0.15, 0.2) is 0 Å². The zero-order valence-electron chi connectivity index (χ0n) is 15.1. The smallest absolute Gasteiger partial charge is 0.453 e. The minimum Gasteiger partial charge on any atom is -0.456 e. The fourth-order valence-corrected chi connectivity index (χ4v) is 2.44. The molecule has 2 aromatic rings. The van der Waals surface area contributed by atoms with Crippen LogP contribution < -0.4 is 5.32 Å². The number of nitrogens with zero attached hydrogens (tertiary/aromatic N) is 5. The average Bonchev–Trinajstić information content (AvgIpc) is 3.04. The number of aromatic nitrogens is 4. The van der Waals surface area contributed by atoms with Gasteiger partial charge in [-0.25, -0.2) is 9.50 Å². The van der Waals surface area contributed by atoms with Gasteiger partial charge in [0.2, 0.25) is 0 Å². The van der Waals surface area contributed by atoms with Gasteiger partial charge in [0.25, 0.3) is 17.5 Å². The van der Waals surface area contributed by atoms with Gasteiger partial charge >= 0.3 is 12.1 Å². The lowest BCUT2D eigenvalue weighted by atomic mass is 10.1. The summed E-state index contributed by atoms with van der Waals surface area (Å²) in [6.07, 6.45) is -4.49. The van der Waals surface area contributed by atoms with Crippen molar-refractivity contribution in [1.82, 2.24) is 24.9 Å². The molecule has 2 heterocycles. The van der Waals surface area contributed by atoms with Gasteiger partial charge in [0.1, 0.15) is 0 Å². The van der Waals surface area contributed by atoms with E-state index in [0.717, 1.165) is 4.52 Å². The van der Waals surface area contributed by atoms with Crippen molar-refractivity contribution >= 4 is 17.7 Å². The van der Waals surface area contributed by atoms with Crippen molar-refractivity contribution in [2.75, 3.05) is 13.2 Å². The normalized spacial score (nSPS) is 11.3. The molecular weight excluding hydrogens is 381 g/mol. The second kappa shape index (κ2) is 8.64. The molecule has 12 heteroatoms. The number of amides is 1. The Hall–Kier alpha value is -3.23. The first-order valence-corrected chi connectivity index (χ1v) is 8.22. The van der Waals surface area contributed by atoms with Crippen LogP contribution in [0.5, 0.6) is 0 Å². The van der Waals surface area contributed by atoms with Gasteiger partial charge < -0.3 is 10.1 Å². The second-order valence-corrected chi connectivity index (χ2v) is 5.82. The van der Waals surface area contributed by atoms with Crippen molar-refractivity contribution < 1.29 is 27.5 Å². The number of aryl methyl sites for hydroxylation is 2. The summed E-state index contributed by atoms with van der Waals surface area (Å²) in [4.78, 5) is 30.6. The summed E-state index contributed by atoms with van der Waals surface area (Å²) in [6, 6.07) is 1.86. The van der Waals surface area contributed by atoms with Crippen LogP contribution in [-0.2, 0) is 26.9 Å². The van der Waals surface area contributed by atoms with E-state index in [1.807, 2.05) is 6.07 Å². The maximum absolute atomic E-state index is 12.8. The number of fused-ring (bicyclic) bond motifs is 1. The highest BCUT2D eigenvalue weighted by atomic mass is 19.4. The Labute approximate surface area is 157 Å². The van der Waals surface area contributed by atoms with E-state index in [4.69, 9.17) is 10.00 Å². The molecular formula is C16H17F3N6O3. The highest BCUT2D eigenvalue weighted by Gasteiger charge is 2.36. The molecule has 0 atom stereocenters. The van der Waals surface area contributed by atoms with Crippen LogP contribution in [0.2, 0.25) is 0 Å². The van der Waals surface area contributed by atoms with Crippen molar-refractivity contribution in [3.8, 4) is 6.07 Å². The predicted molar refractivity (Wildman–Crippen MR) is 87.8 cm³/mol. The van der Waals surface area contributed by atoms with Crippen LogP contribution >= 0.6 is 0 Å². The number of carbonyl (C=O) groups excluding carboxylic acids is 2. The topological polar surface area (TPSA) is 122 Å². The number of nitriles is 1. The molecule has 0 fully saturated rings. The number of esters is 1. The summed E-state index contributed by atoms with van der Waals surface area (Å²) in [7, 11) is 0. The second-order valence-electron chi connectivity index (χ2n) is 5.82. The summed E-state index contributed by atoms with van der Waals surface area (Å²) in [6.45, 7) is 2.84. The molecule has 0 aliphatic heterocycles. The molecule has 0 unspecified atom stereocenters. The zero-order chi connectivity index (χ0) is 20.9. The first kappa shape index (κ1) is 21.1. The fourth-order valence-electron chi connectivity index (χ4n) is 2.44. The maximum Gasteiger partial charge on any atom is 0.453 e. The molecule has 1 N–H and O–H groups in total. The first-order chi connectivity index (χ1) is 13.1. The van der Waals surface area contributed by atoms with Crippen molar-refractivity contribution in [2.45, 2.75) is 39.3 Å². The Morgan fingerprint density at radius 3 is 2.64 bits per heavy atom. The molecule has 2 aromatic heterocycles. The monoisotopic (exact) mass is 398 g/mol. The minimum absolute atomic E-state index is 0.0961. The summed E-state index contributed by atoms with van der Waals surface area (Å²) in [5.74, 6) is -2.64. The Bertz CT molecular complexity index is 932.